The molecule has 0 spiro atoms. The molecule has 0 radical (unpaired) electrons. The molecule has 1 aliphatic heterocycles. The molecule has 2 heteroatoms. The number of ketones is 1. The standard InChI is InChI=1S/C11H19NO/c1-9(2)7-10(13)11(3)5-4-6-12-8-11/h12H,1,4-8H2,2-3H3. The van der Waals surface area contributed by atoms with Gasteiger partial charge in [-0.25, -0.2) is 0 Å². The van der Waals surface area contributed by atoms with Crippen LogP contribution >= 0.6 is 0 Å². The van der Waals surface area contributed by atoms with Gasteiger partial charge in [-0.3, -0.25) is 4.79 Å². The second kappa shape index (κ2) is 4.05. The van der Waals surface area contributed by atoms with Crippen LogP contribution < -0.4 is 5.32 Å². The number of carbonyl (C=O) groups excluding carboxylic acids is 1. The maximum atomic E-state index is 11.8. The van der Waals surface area contributed by atoms with Gasteiger partial charge in [0, 0.05) is 18.4 Å². The van der Waals surface area contributed by atoms with E-state index >= 15 is 0 Å². The normalized spacial score (nSPS) is 28.5. The Morgan fingerprint density at radius 3 is 2.77 bits per heavy atom. The van der Waals surface area contributed by atoms with Crippen molar-refractivity contribution in [2.45, 2.75) is 33.1 Å². The minimum atomic E-state index is -0.142. The molecule has 0 bridgehead atoms. The minimum absolute atomic E-state index is 0.142. The van der Waals surface area contributed by atoms with Crippen molar-refractivity contribution in [3.63, 3.8) is 0 Å². The molecule has 74 valence electrons. The SMILES string of the molecule is C=C(C)CC(=O)C1(C)CCCNC1. The van der Waals surface area contributed by atoms with E-state index in [0.717, 1.165) is 31.5 Å². The lowest BCUT2D eigenvalue weighted by Crippen LogP contribution is -2.43. The van der Waals surface area contributed by atoms with Gasteiger partial charge < -0.3 is 5.32 Å². The minimum Gasteiger partial charge on any atom is -0.316 e. The molecular formula is C11H19NO. The first-order valence-corrected chi connectivity index (χ1v) is 4.93. The molecule has 1 fully saturated rings. The van der Waals surface area contributed by atoms with Crippen LogP contribution in [0.5, 0.6) is 0 Å². The van der Waals surface area contributed by atoms with E-state index in [0.29, 0.717) is 12.2 Å². The molecule has 1 aliphatic rings. The van der Waals surface area contributed by atoms with Crippen LogP contribution in [-0.2, 0) is 4.79 Å². The average molecular weight is 181 g/mol. The molecule has 0 saturated carbocycles. The predicted octanol–water partition coefficient (Wildman–Crippen LogP) is 1.91. The van der Waals surface area contributed by atoms with Crippen molar-refractivity contribution < 1.29 is 4.79 Å². The van der Waals surface area contributed by atoms with Crippen LogP contribution in [0.1, 0.15) is 33.1 Å². The Balaban J connectivity index is 2.56. The van der Waals surface area contributed by atoms with Gasteiger partial charge >= 0.3 is 0 Å². The van der Waals surface area contributed by atoms with E-state index in [2.05, 4.69) is 18.8 Å². The first kappa shape index (κ1) is 10.5. The first-order chi connectivity index (χ1) is 6.04. The van der Waals surface area contributed by atoms with Crippen molar-refractivity contribution in [2.75, 3.05) is 13.1 Å². The zero-order chi connectivity index (χ0) is 9.90. The van der Waals surface area contributed by atoms with Gasteiger partial charge in [0.15, 0.2) is 0 Å². The van der Waals surface area contributed by atoms with Crippen LogP contribution in [0.4, 0.5) is 0 Å². The molecule has 13 heavy (non-hydrogen) atoms. The number of carbonyl (C=O) groups is 1. The third-order valence-corrected chi connectivity index (χ3v) is 2.73. The molecular weight excluding hydrogens is 162 g/mol. The highest BCUT2D eigenvalue weighted by atomic mass is 16.1. The van der Waals surface area contributed by atoms with E-state index in [1.54, 1.807) is 0 Å². The molecule has 2 nitrogen and oxygen atoms in total. The Kier molecular flexibility index (Phi) is 3.26. The highest BCUT2D eigenvalue weighted by Gasteiger charge is 2.33. The second-order valence-corrected chi connectivity index (χ2v) is 4.40. The smallest absolute Gasteiger partial charge is 0.144 e. The van der Waals surface area contributed by atoms with E-state index < -0.39 is 0 Å². The summed E-state index contributed by atoms with van der Waals surface area (Å²) in [5.41, 5.74) is 0.828. The van der Waals surface area contributed by atoms with Crippen LogP contribution in [0, 0.1) is 5.41 Å². The monoisotopic (exact) mass is 181 g/mol. The Labute approximate surface area is 80.4 Å². The number of piperidine rings is 1. The van der Waals surface area contributed by atoms with Gasteiger partial charge in [0.1, 0.15) is 5.78 Å². The average Bonchev–Trinajstić information content (AvgIpc) is 2.04. The Bertz CT molecular complexity index is 214. The number of hydrogen-bond donors (Lipinski definition) is 1. The van der Waals surface area contributed by atoms with E-state index in [1.165, 1.54) is 0 Å². The van der Waals surface area contributed by atoms with Crippen molar-refractivity contribution in [1.82, 2.24) is 5.32 Å². The van der Waals surface area contributed by atoms with Gasteiger partial charge in [-0.15, -0.1) is 0 Å². The van der Waals surface area contributed by atoms with E-state index in [4.69, 9.17) is 0 Å². The molecule has 1 unspecified atom stereocenters. The van der Waals surface area contributed by atoms with Gasteiger partial charge in [-0.2, -0.15) is 0 Å². The molecule has 1 rings (SSSR count). The van der Waals surface area contributed by atoms with Crippen LogP contribution in [-0.4, -0.2) is 18.9 Å². The van der Waals surface area contributed by atoms with E-state index in [-0.39, 0.29) is 5.41 Å². The Hall–Kier alpha value is -0.630. The summed E-state index contributed by atoms with van der Waals surface area (Å²) < 4.78 is 0. The largest absolute Gasteiger partial charge is 0.316 e. The Morgan fingerprint density at radius 2 is 2.31 bits per heavy atom. The van der Waals surface area contributed by atoms with Crippen LogP contribution in [0.3, 0.4) is 0 Å². The van der Waals surface area contributed by atoms with Gasteiger partial charge in [0.25, 0.3) is 0 Å². The zero-order valence-electron chi connectivity index (χ0n) is 8.65. The van der Waals surface area contributed by atoms with E-state index in [1.807, 2.05) is 6.92 Å². The molecule has 1 atom stereocenters. The van der Waals surface area contributed by atoms with Gasteiger partial charge in [-0.1, -0.05) is 19.1 Å². The maximum absolute atomic E-state index is 11.8. The number of allylic oxidation sites excluding steroid dienone is 1. The summed E-state index contributed by atoms with van der Waals surface area (Å²) in [5, 5.41) is 3.28. The third kappa shape index (κ3) is 2.66. The van der Waals surface area contributed by atoms with Gasteiger partial charge in [-0.05, 0) is 26.3 Å². The van der Waals surface area contributed by atoms with Crippen molar-refractivity contribution in [2.24, 2.45) is 5.41 Å². The first-order valence-electron chi connectivity index (χ1n) is 4.93. The molecule has 0 aromatic rings. The highest BCUT2D eigenvalue weighted by molar-refractivity contribution is 5.86. The molecule has 1 N–H and O–H groups in total. The summed E-state index contributed by atoms with van der Waals surface area (Å²) in [4.78, 5) is 11.8. The summed E-state index contributed by atoms with van der Waals surface area (Å²) in [6.45, 7) is 9.64. The van der Waals surface area contributed by atoms with Crippen LogP contribution in [0.2, 0.25) is 0 Å². The quantitative estimate of drug-likeness (QED) is 0.674. The molecule has 0 amide bonds. The third-order valence-electron chi connectivity index (χ3n) is 2.73. The van der Waals surface area contributed by atoms with Crippen molar-refractivity contribution in [3.8, 4) is 0 Å². The van der Waals surface area contributed by atoms with Crippen molar-refractivity contribution in [1.29, 1.82) is 0 Å². The fraction of sp³-hybridized carbons (Fsp3) is 0.727. The number of rotatable bonds is 3. The topological polar surface area (TPSA) is 29.1 Å². The van der Waals surface area contributed by atoms with Gasteiger partial charge in [0.2, 0.25) is 0 Å². The van der Waals surface area contributed by atoms with Crippen LogP contribution in [0.25, 0.3) is 0 Å². The summed E-state index contributed by atoms with van der Waals surface area (Å²) in [6.07, 6.45) is 2.67. The van der Waals surface area contributed by atoms with E-state index in [9.17, 15) is 4.79 Å². The lowest BCUT2D eigenvalue weighted by atomic mass is 9.77. The highest BCUT2D eigenvalue weighted by Crippen LogP contribution is 2.28. The molecule has 1 saturated heterocycles. The Morgan fingerprint density at radius 1 is 1.62 bits per heavy atom. The lowest BCUT2D eigenvalue weighted by molar-refractivity contribution is -0.128. The summed E-state index contributed by atoms with van der Waals surface area (Å²) in [7, 11) is 0. The molecule has 0 aliphatic carbocycles. The van der Waals surface area contributed by atoms with Crippen LogP contribution in [0.15, 0.2) is 12.2 Å². The zero-order valence-corrected chi connectivity index (χ0v) is 8.65. The summed E-state index contributed by atoms with van der Waals surface area (Å²) in [6, 6.07) is 0. The lowest BCUT2D eigenvalue weighted by Gasteiger charge is -2.32. The molecule has 0 aromatic heterocycles. The summed E-state index contributed by atoms with van der Waals surface area (Å²) in [5.74, 6) is 0.340. The molecule has 1 heterocycles. The fourth-order valence-electron chi connectivity index (χ4n) is 1.78. The number of Topliss-reactive ketones (excluding diaryl/α,β-unsaturated/α-hetero) is 1. The predicted molar refractivity (Wildman–Crippen MR) is 54.6 cm³/mol. The van der Waals surface area contributed by atoms with Gasteiger partial charge in [0.05, 0.1) is 0 Å². The van der Waals surface area contributed by atoms with Crippen molar-refractivity contribution >= 4 is 5.78 Å². The fourth-order valence-corrected chi connectivity index (χ4v) is 1.78. The summed E-state index contributed by atoms with van der Waals surface area (Å²) >= 11 is 0. The second-order valence-electron chi connectivity index (χ2n) is 4.40. The number of hydrogen-bond acceptors (Lipinski definition) is 2. The number of nitrogens with one attached hydrogen (secondary N) is 1. The molecule has 0 aromatic carbocycles. The van der Waals surface area contributed by atoms with Crippen molar-refractivity contribution in [3.05, 3.63) is 12.2 Å². The maximum Gasteiger partial charge on any atom is 0.144 e.